The molecule has 2 aromatic carbocycles. The van der Waals surface area contributed by atoms with Crippen molar-refractivity contribution in [2.24, 2.45) is 0 Å². The van der Waals surface area contributed by atoms with E-state index in [0.29, 0.717) is 43.5 Å². The normalized spacial score (nSPS) is 14.7. The van der Waals surface area contributed by atoms with Gasteiger partial charge >= 0.3 is 0 Å². The Bertz CT molecular complexity index is 916. The summed E-state index contributed by atoms with van der Waals surface area (Å²) in [6.45, 7) is 8.92. The Labute approximate surface area is 183 Å². The second-order valence-corrected chi connectivity index (χ2v) is 7.18. The van der Waals surface area contributed by atoms with Crippen LogP contribution in [0, 0.1) is 0 Å². The van der Waals surface area contributed by atoms with Crippen LogP contribution in [0.3, 0.4) is 0 Å². The van der Waals surface area contributed by atoms with E-state index in [2.05, 4.69) is 5.32 Å². The summed E-state index contributed by atoms with van der Waals surface area (Å²) in [5, 5.41) is 2.97. The standard InChI is InChI=1S/C24H30N2O5/c1-5-29-21-12-17(13-22(30-6-2)23(21)31-7-3)15-25-24(28)20-14-18-10-8-9-11-19(18)26(20)16(4)27/h8-13,20H,5-7,14-15H2,1-4H3,(H,25,28)/t20-/m1/s1. The SMILES string of the molecule is CCOc1cc(CNC(=O)[C@H]2Cc3ccccc3N2C(C)=O)cc(OCC)c1OCC. The Kier molecular flexibility index (Phi) is 7.39. The Morgan fingerprint density at radius 3 is 2.19 bits per heavy atom. The first kappa shape index (κ1) is 22.5. The molecule has 0 saturated heterocycles. The minimum absolute atomic E-state index is 0.150. The number of anilines is 1. The van der Waals surface area contributed by atoms with Crippen molar-refractivity contribution in [2.75, 3.05) is 24.7 Å². The number of nitrogens with one attached hydrogen (secondary N) is 1. The third-order valence-electron chi connectivity index (χ3n) is 5.05. The van der Waals surface area contributed by atoms with Gasteiger partial charge in [0.25, 0.3) is 0 Å². The van der Waals surface area contributed by atoms with Gasteiger partial charge in [0.05, 0.1) is 19.8 Å². The van der Waals surface area contributed by atoms with Crippen molar-refractivity contribution in [3.63, 3.8) is 0 Å². The van der Waals surface area contributed by atoms with Crippen molar-refractivity contribution in [3.05, 3.63) is 47.5 Å². The van der Waals surface area contributed by atoms with Crippen LogP contribution in [-0.4, -0.2) is 37.7 Å². The maximum Gasteiger partial charge on any atom is 0.243 e. The second-order valence-electron chi connectivity index (χ2n) is 7.18. The first-order valence-corrected chi connectivity index (χ1v) is 10.7. The minimum Gasteiger partial charge on any atom is -0.490 e. The lowest BCUT2D eigenvalue weighted by Gasteiger charge is -2.23. The molecule has 0 radical (unpaired) electrons. The second kappa shape index (κ2) is 10.2. The first-order valence-electron chi connectivity index (χ1n) is 10.7. The van der Waals surface area contributed by atoms with Crippen LogP contribution in [0.25, 0.3) is 0 Å². The van der Waals surface area contributed by atoms with Crippen molar-refractivity contribution in [1.82, 2.24) is 5.32 Å². The van der Waals surface area contributed by atoms with Crippen molar-refractivity contribution in [1.29, 1.82) is 0 Å². The topological polar surface area (TPSA) is 77.1 Å². The minimum atomic E-state index is -0.560. The van der Waals surface area contributed by atoms with Crippen LogP contribution in [0.5, 0.6) is 17.2 Å². The van der Waals surface area contributed by atoms with Gasteiger partial charge in [-0.15, -0.1) is 0 Å². The molecule has 3 rings (SSSR count). The van der Waals surface area contributed by atoms with Crippen LogP contribution in [0.1, 0.15) is 38.8 Å². The summed E-state index contributed by atoms with van der Waals surface area (Å²) in [5.41, 5.74) is 2.62. The lowest BCUT2D eigenvalue weighted by atomic mass is 10.1. The van der Waals surface area contributed by atoms with Gasteiger partial charge in [-0.25, -0.2) is 0 Å². The summed E-state index contributed by atoms with van der Waals surface area (Å²) in [4.78, 5) is 26.8. The van der Waals surface area contributed by atoms with Crippen LogP contribution in [-0.2, 0) is 22.6 Å². The first-order chi connectivity index (χ1) is 15.0. The summed E-state index contributed by atoms with van der Waals surface area (Å²) in [7, 11) is 0. The van der Waals surface area contributed by atoms with Gasteiger partial charge in [-0.3, -0.25) is 14.5 Å². The number of hydrogen-bond acceptors (Lipinski definition) is 5. The highest BCUT2D eigenvalue weighted by Gasteiger charge is 2.36. The predicted octanol–water partition coefficient (Wildman–Crippen LogP) is 3.48. The number of amides is 2. The molecule has 0 aliphatic carbocycles. The molecule has 31 heavy (non-hydrogen) atoms. The smallest absolute Gasteiger partial charge is 0.243 e. The Morgan fingerprint density at radius 2 is 1.61 bits per heavy atom. The van der Waals surface area contributed by atoms with E-state index < -0.39 is 6.04 Å². The summed E-state index contributed by atoms with van der Waals surface area (Å²) in [5.74, 6) is 1.38. The van der Waals surface area contributed by atoms with Crippen LogP contribution in [0.15, 0.2) is 36.4 Å². The number of carbonyl (C=O) groups is 2. The molecule has 166 valence electrons. The van der Waals surface area contributed by atoms with E-state index in [-0.39, 0.29) is 18.4 Å². The van der Waals surface area contributed by atoms with Gasteiger partial charge in [-0.2, -0.15) is 0 Å². The molecule has 0 saturated carbocycles. The maximum absolute atomic E-state index is 13.0. The van der Waals surface area contributed by atoms with E-state index in [9.17, 15) is 9.59 Å². The number of hydrogen-bond donors (Lipinski definition) is 1. The number of para-hydroxylation sites is 1. The number of fused-ring (bicyclic) bond motifs is 1. The van der Waals surface area contributed by atoms with Gasteiger partial charge in [-0.1, -0.05) is 18.2 Å². The van der Waals surface area contributed by atoms with E-state index in [1.807, 2.05) is 57.2 Å². The number of rotatable bonds is 9. The van der Waals surface area contributed by atoms with Crippen LogP contribution in [0.2, 0.25) is 0 Å². The fourth-order valence-corrected chi connectivity index (χ4v) is 3.84. The van der Waals surface area contributed by atoms with Gasteiger partial charge < -0.3 is 19.5 Å². The fraction of sp³-hybridized carbons (Fsp3) is 0.417. The van der Waals surface area contributed by atoms with E-state index >= 15 is 0 Å². The predicted molar refractivity (Wildman–Crippen MR) is 119 cm³/mol. The van der Waals surface area contributed by atoms with E-state index in [4.69, 9.17) is 14.2 Å². The number of carbonyl (C=O) groups excluding carboxylic acids is 2. The molecule has 1 heterocycles. The van der Waals surface area contributed by atoms with Crippen LogP contribution < -0.4 is 24.4 Å². The number of ether oxygens (including phenoxy) is 3. The molecule has 1 atom stereocenters. The summed E-state index contributed by atoms with van der Waals surface area (Å²) in [6, 6.07) is 10.8. The number of benzene rings is 2. The lowest BCUT2D eigenvalue weighted by molar-refractivity contribution is -0.125. The Morgan fingerprint density at radius 1 is 1.00 bits per heavy atom. The molecule has 0 spiro atoms. The fourth-order valence-electron chi connectivity index (χ4n) is 3.84. The van der Waals surface area contributed by atoms with Crippen molar-refractivity contribution in [3.8, 4) is 17.2 Å². The molecule has 2 amide bonds. The molecule has 1 aliphatic rings. The van der Waals surface area contributed by atoms with Gasteiger partial charge in [0.2, 0.25) is 17.6 Å². The highest BCUT2D eigenvalue weighted by Crippen LogP contribution is 2.39. The lowest BCUT2D eigenvalue weighted by Crippen LogP contribution is -2.47. The third-order valence-corrected chi connectivity index (χ3v) is 5.05. The van der Waals surface area contributed by atoms with E-state index in [0.717, 1.165) is 16.8 Å². The zero-order valence-electron chi connectivity index (χ0n) is 18.6. The summed E-state index contributed by atoms with van der Waals surface area (Å²) >= 11 is 0. The highest BCUT2D eigenvalue weighted by atomic mass is 16.5. The molecule has 0 bridgehead atoms. The van der Waals surface area contributed by atoms with Gasteiger partial charge in [0.1, 0.15) is 6.04 Å². The largest absolute Gasteiger partial charge is 0.490 e. The van der Waals surface area contributed by atoms with Crippen molar-refractivity contribution < 1.29 is 23.8 Å². The molecule has 0 unspecified atom stereocenters. The van der Waals surface area contributed by atoms with Gasteiger partial charge in [0, 0.05) is 25.6 Å². The van der Waals surface area contributed by atoms with Gasteiger partial charge in [-0.05, 0) is 50.1 Å². The molecule has 0 aromatic heterocycles. The molecule has 1 aliphatic heterocycles. The molecule has 2 aromatic rings. The molecule has 1 N–H and O–H groups in total. The maximum atomic E-state index is 13.0. The van der Waals surface area contributed by atoms with E-state index in [1.54, 1.807) is 4.90 Å². The average Bonchev–Trinajstić information content (AvgIpc) is 3.14. The Hall–Kier alpha value is -3.22. The molecule has 0 fully saturated rings. The highest BCUT2D eigenvalue weighted by molar-refractivity contribution is 6.02. The van der Waals surface area contributed by atoms with E-state index in [1.165, 1.54) is 6.92 Å². The molecule has 7 nitrogen and oxygen atoms in total. The van der Waals surface area contributed by atoms with Crippen molar-refractivity contribution >= 4 is 17.5 Å². The summed E-state index contributed by atoms with van der Waals surface area (Å²) in [6.07, 6.45) is 0.499. The molecule has 7 heteroatoms. The van der Waals surface area contributed by atoms with Crippen molar-refractivity contribution in [2.45, 2.75) is 46.7 Å². The third kappa shape index (κ3) is 4.93. The summed E-state index contributed by atoms with van der Waals surface area (Å²) < 4.78 is 17.2. The Balaban J connectivity index is 1.78. The van der Waals surface area contributed by atoms with Crippen LogP contribution in [0.4, 0.5) is 5.69 Å². The zero-order chi connectivity index (χ0) is 22.4. The number of nitrogens with zero attached hydrogens (tertiary/aromatic N) is 1. The molecular weight excluding hydrogens is 396 g/mol. The average molecular weight is 427 g/mol. The quantitative estimate of drug-likeness (QED) is 0.664. The van der Waals surface area contributed by atoms with Crippen LogP contribution >= 0.6 is 0 Å². The molecular formula is C24H30N2O5. The monoisotopic (exact) mass is 426 g/mol. The zero-order valence-corrected chi connectivity index (χ0v) is 18.6. The van der Waals surface area contributed by atoms with Gasteiger partial charge in [0.15, 0.2) is 11.5 Å².